The zero-order valence-corrected chi connectivity index (χ0v) is 15.8. The van der Waals surface area contributed by atoms with Crippen molar-refractivity contribution in [1.29, 1.82) is 0 Å². The molecule has 1 atom stereocenters. The minimum atomic E-state index is -0.311. The average molecular weight is 359 g/mol. The van der Waals surface area contributed by atoms with Crippen LogP contribution >= 0.6 is 0 Å². The predicted molar refractivity (Wildman–Crippen MR) is 101 cm³/mol. The molecule has 0 aromatic heterocycles. The van der Waals surface area contributed by atoms with Gasteiger partial charge in [0.2, 0.25) is 5.91 Å². The highest BCUT2D eigenvalue weighted by atomic mass is 16.5. The summed E-state index contributed by atoms with van der Waals surface area (Å²) in [4.78, 5) is 26.3. The number of hydrogen-bond donors (Lipinski definition) is 0. The van der Waals surface area contributed by atoms with E-state index in [9.17, 15) is 9.59 Å². The molecule has 2 rings (SSSR count). The van der Waals surface area contributed by atoms with Crippen molar-refractivity contribution in [2.75, 3.05) is 14.2 Å². The molecular formula is C21H29NO4. The van der Waals surface area contributed by atoms with Crippen LogP contribution in [0.3, 0.4) is 0 Å². The lowest BCUT2D eigenvalue weighted by Crippen LogP contribution is -2.35. The Balaban J connectivity index is 2.00. The number of amides is 1. The number of rotatable bonds is 11. The summed E-state index contributed by atoms with van der Waals surface area (Å²) in [7, 11) is 3.19. The van der Waals surface area contributed by atoms with Gasteiger partial charge in [-0.1, -0.05) is 25.3 Å². The number of hydrogen-bond acceptors (Lipinski definition) is 4. The van der Waals surface area contributed by atoms with Crippen LogP contribution in [-0.2, 0) is 16.1 Å². The summed E-state index contributed by atoms with van der Waals surface area (Å²) in [6, 6.07) is 5.22. The van der Waals surface area contributed by atoms with E-state index in [1.807, 2.05) is 18.2 Å². The van der Waals surface area contributed by atoms with Gasteiger partial charge in [-0.3, -0.25) is 9.59 Å². The fourth-order valence-corrected chi connectivity index (χ4v) is 3.38. The molecule has 1 aliphatic heterocycles. The second-order valence-corrected chi connectivity index (χ2v) is 6.64. The molecule has 1 aromatic carbocycles. The van der Waals surface area contributed by atoms with Gasteiger partial charge in [0, 0.05) is 11.6 Å². The van der Waals surface area contributed by atoms with Gasteiger partial charge in [-0.25, -0.2) is 0 Å². The zero-order valence-electron chi connectivity index (χ0n) is 15.8. The van der Waals surface area contributed by atoms with Gasteiger partial charge < -0.3 is 14.4 Å². The normalized spacial score (nSPS) is 16.8. The molecule has 1 saturated heterocycles. The standard InChI is InChI=1S/C21H29NO4/c1-4-5-6-7-8-9-10-18-19(23)14-21(24)22(18)15-16-11-12-17(25-2)13-20(16)26-3/h4,11-13,18H,1,5-10,14-15H2,2-3H3. The van der Waals surface area contributed by atoms with E-state index in [2.05, 4.69) is 6.58 Å². The van der Waals surface area contributed by atoms with Crippen LogP contribution in [0.5, 0.6) is 11.5 Å². The van der Waals surface area contributed by atoms with Crippen molar-refractivity contribution >= 4 is 11.7 Å². The van der Waals surface area contributed by atoms with E-state index >= 15 is 0 Å². The molecule has 1 fully saturated rings. The molecular weight excluding hydrogens is 330 g/mol. The molecule has 1 unspecified atom stereocenters. The second kappa shape index (κ2) is 10.00. The molecule has 1 amide bonds. The van der Waals surface area contributed by atoms with E-state index in [4.69, 9.17) is 9.47 Å². The number of benzene rings is 1. The van der Waals surface area contributed by atoms with Crippen molar-refractivity contribution in [3.63, 3.8) is 0 Å². The van der Waals surface area contributed by atoms with Crippen molar-refractivity contribution in [2.24, 2.45) is 0 Å². The monoisotopic (exact) mass is 359 g/mol. The summed E-state index contributed by atoms with van der Waals surface area (Å²) >= 11 is 0. The number of unbranched alkanes of at least 4 members (excludes halogenated alkanes) is 4. The topological polar surface area (TPSA) is 55.8 Å². The molecule has 0 saturated carbocycles. The van der Waals surface area contributed by atoms with Gasteiger partial charge in [0.05, 0.1) is 33.2 Å². The van der Waals surface area contributed by atoms with Gasteiger partial charge in [0.1, 0.15) is 11.5 Å². The third-order valence-corrected chi connectivity index (χ3v) is 4.86. The Kier molecular flexibility index (Phi) is 7.70. The van der Waals surface area contributed by atoms with Crippen molar-refractivity contribution in [3.05, 3.63) is 36.4 Å². The average Bonchev–Trinajstić information content (AvgIpc) is 2.91. The molecule has 0 spiro atoms. The number of carbonyl (C=O) groups is 2. The number of ketones is 1. The van der Waals surface area contributed by atoms with Crippen LogP contribution in [0.2, 0.25) is 0 Å². The Morgan fingerprint density at radius 3 is 2.62 bits per heavy atom. The third-order valence-electron chi connectivity index (χ3n) is 4.86. The first-order valence-electron chi connectivity index (χ1n) is 9.24. The summed E-state index contributed by atoms with van der Waals surface area (Å²) in [6.07, 6.45) is 8.01. The quantitative estimate of drug-likeness (QED) is 0.342. The van der Waals surface area contributed by atoms with Crippen LogP contribution in [0, 0.1) is 0 Å². The molecule has 0 radical (unpaired) electrons. The maximum atomic E-state index is 12.3. The van der Waals surface area contributed by atoms with E-state index in [0.717, 1.165) is 44.1 Å². The van der Waals surface area contributed by atoms with Gasteiger partial charge in [-0.2, -0.15) is 0 Å². The van der Waals surface area contributed by atoms with Gasteiger partial charge >= 0.3 is 0 Å². The number of Topliss-reactive ketones (excluding diaryl/α,β-unsaturated/α-hetero) is 1. The molecule has 26 heavy (non-hydrogen) atoms. The Morgan fingerprint density at radius 2 is 1.92 bits per heavy atom. The molecule has 1 aromatic rings. The van der Waals surface area contributed by atoms with Gasteiger partial charge in [-0.05, 0) is 31.4 Å². The van der Waals surface area contributed by atoms with Crippen LogP contribution in [0.4, 0.5) is 0 Å². The molecule has 0 aliphatic carbocycles. The van der Waals surface area contributed by atoms with Crippen LogP contribution in [0.25, 0.3) is 0 Å². The number of carbonyl (C=O) groups excluding carboxylic acids is 2. The van der Waals surface area contributed by atoms with E-state index in [-0.39, 0.29) is 24.2 Å². The van der Waals surface area contributed by atoms with Crippen molar-refractivity contribution in [3.8, 4) is 11.5 Å². The molecule has 5 heteroatoms. The Morgan fingerprint density at radius 1 is 1.15 bits per heavy atom. The number of ether oxygens (including phenoxy) is 2. The largest absolute Gasteiger partial charge is 0.497 e. The molecule has 5 nitrogen and oxygen atoms in total. The zero-order chi connectivity index (χ0) is 18.9. The number of allylic oxidation sites excluding steroid dienone is 1. The lowest BCUT2D eigenvalue weighted by atomic mass is 10.0. The minimum absolute atomic E-state index is 0.0135. The van der Waals surface area contributed by atoms with Crippen LogP contribution < -0.4 is 9.47 Å². The van der Waals surface area contributed by atoms with Crippen LogP contribution in [0.15, 0.2) is 30.9 Å². The summed E-state index contributed by atoms with van der Waals surface area (Å²) in [5.41, 5.74) is 0.882. The summed E-state index contributed by atoms with van der Waals surface area (Å²) in [5.74, 6) is 1.31. The van der Waals surface area contributed by atoms with Crippen molar-refractivity contribution in [2.45, 2.75) is 57.5 Å². The first kappa shape index (κ1) is 20.0. The Hall–Kier alpha value is -2.30. The fraction of sp³-hybridized carbons (Fsp3) is 0.524. The van der Waals surface area contributed by atoms with Gasteiger partial charge in [0.15, 0.2) is 5.78 Å². The maximum Gasteiger partial charge on any atom is 0.231 e. The fourth-order valence-electron chi connectivity index (χ4n) is 3.38. The smallest absolute Gasteiger partial charge is 0.231 e. The maximum absolute atomic E-state index is 12.3. The number of nitrogens with zero attached hydrogens (tertiary/aromatic N) is 1. The van der Waals surface area contributed by atoms with Crippen LogP contribution in [-0.4, -0.2) is 36.9 Å². The third kappa shape index (κ3) is 5.10. The van der Waals surface area contributed by atoms with E-state index < -0.39 is 0 Å². The molecule has 0 bridgehead atoms. The van der Waals surface area contributed by atoms with Gasteiger partial charge in [0.25, 0.3) is 0 Å². The van der Waals surface area contributed by atoms with E-state index in [0.29, 0.717) is 18.0 Å². The van der Waals surface area contributed by atoms with Crippen LogP contribution in [0.1, 0.15) is 50.5 Å². The predicted octanol–water partition coefficient (Wildman–Crippen LogP) is 3.90. The number of likely N-dealkylation sites (tertiary alicyclic amines) is 1. The highest BCUT2D eigenvalue weighted by molar-refractivity contribution is 6.07. The van der Waals surface area contributed by atoms with Crippen molar-refractivity contribution < 1.29 is 19.1 Å². The SMILES string of the molecule is C=CCCCCCCC1C(=O)CC(=O)N1Cc1ccc(OC)cc1OC. The lowest BCUT2D eigenvalue weighted by Gasteiger charge is -2.24. The minimum Gasteiger partial charge on any atom is -0.497 e. The van der Waals surface area contributed by atoms with E-state index in [1.165, 1.54) is 0 Å². The van der Waals surface area contributed by atoms with Gasteiger partial charge in [-0.15, -0.1) is 6.58 Å². The van der Waals surface area contributed by atoms with E-state index in [1.54, 1.807) is 25.2 Å². The molecule has 0 N–H and O–H groups in total. The second-order valence-electron chi connectivity index (χ2n) is 6.64. The molecule has 142 valence electrons. The van der Waals surface area contributed by atoms with Crippen molar-refractivity contribution in [1.82, 2.24) is 4.90 Å². The molecule has 1 aliphatic rings. The first-order chi connectivity index (χ1) is 12.6. The summed E-state index contributed by atoms with van der Waals surface area (Å²) < 4.78 is 10.6. The summed E-state index contributed by atoms with van der Waals surface area (Å²) in [6.45, 7) is 4.12. The number of methoxy groups -OCH3 is 2. The highest BCUT2D eigenvalue weighted by Crippen LogP contribution is 2.29. The first-order valence-corrected chi connectivity index (χ1v) is 9.24. The summed E-state index contributed by atoms with van der Waals surface area (Å²) in [5, 5.41) is 0. The Bertz CT molecular complexity index is 641. The molecule has 1 heterocycles. The lowest BCUT2D eigenvalue weighted by molar-refractivity contribution is -0.129. The Labute approximate surface area is 156 Å². The highest BCUT2D eigenvalue weighted by Gasteiger charge is 2.38.